The molecule has 0 atom stereocenters. The molecule has 1 amide bonds. The zero-order valence-electron chi connectivity index (χ0n) is 4.27. The van der Waals surface area contributed by atoms with E-state index in [2.05, 4.69) is 17.9 Å². The van der Waals surface area contributed by atoms with Gasteiger partial charge in [0.15, 0.2) is 0 Å². The number of carbonyl (C=O) groups is 1. The molecule has 3 heteroatoms. The van der Waals surface area contributed by atoms with E-state index in [-0.39, 0.29) is 5.24 Å². The van der Waals surface area contributed by atoms with Crippen molar-refractivity contribution in [3.63, 3.8) is 0 Å². The molecular weight excluding hydrogens is 110 g/mol. The van der Waals surface area contributed by atoms with E-state index in [1.165, 1.54) is 0 Å². The van der Waals surface area contributed by atoms with Crippen molar-refractivity contribution in [2.75, 3.05) is 6.54 Å². The monoisotopic (exact) mass is 119 g/mol. The van der Waals surface area contributed by atoms with E-state index in [1.807, 2.05) is 6.92 Å². The van der Waals surface area contributed by atoms with Crippen molar-refractivity contribution in [1.29, 1.82) is 0 Å². The lowest BCUT2D eigenvalue weighted by molar-refractivity contribution is 0.261. The number of hydrogen-bond donors (Lipinski definition) is 2. The van der Waals surface area contributed by atoms with Gasteiger partial charge in [-0.3, -0.25) is 4.79 Å². The molecule has 0 aliphatic heterocycles. The summed E-state index contributed by atoms with van der Waals surface area (Å²) in [4.78, 5) is 9.96. The minimum Gasteiger partial charge on any atom is -0.347 e. The molecule has 1 N–H and O–H groups in total. The number of thiol groups is 1. The summed E-state index contributed by atoms with van der Waals surface area (Å²) in [6, 6.07) is 0. The van der Waals surface area contributed by atoms with Gasteiger partial charge in [0.25, 0.3) is 5.24 Å². The van der Waals surface area contributed by atoms with Gasteiger partial charge in [-0.2, -0.15) is 0 Å². The Kier molecular flexibility index (Phi) is 3.89. The van der Waals surface area contributed by atoms with Crippen LogP contribution in [0.5, 0.6) is 0 Å². The van der Waals surface area contributed by atoms with Crippen LogP contribution in [0.3, 0.4) is 0 Å². The van der Waals surface area contributed by atoms with Crippen molar-refractivity contribution in [2.45, 2.75) is 13.3 Å². The summed E-state index contributed by atoms with van der Waals surface area (Å²) < 4.78 is 0. The van der Waals surface area contributed by atoms with Crippen molar-refractivity contribution in [3.05, 3.63) is 0 Å². The average molecular weight is 119 g/mol. The van der Waals surface area contributed by atoms with Crippen LogP contribution in [0.1, 0.15) is 13.3 Å². The Labute approximate surface area is 48.7 Å². The Hall–Kier alpha value is -0.180. The van der Waals surface area contributed by atoms with Gasteiger partial charge in [-0.15, -0.1) is 0 Å². The zero-order valence-corrected chi connectivity index (χ0v) is 5.16. The second-order valence-electron chi connectivity index (χ2n) is 1.23. The highest BCUT2D eigenvalue weighted by Gasteiger charge is 1.84. The predicted molar refractivity (Wildman–Crippen MR) is 32.7 cm³/mol. The van der Waals surface area contributed by atoms with Crippen LogP contribution in [-0.4, -0.2) is 11.8 Å². The first-order valence-electron chi connectivity index (χ1n) is 2.24. The first-order chi connectivity index (χ1) is 3.27. The quantitative estimate of drug-likeness (QED) is 0.522. The van der Waals surface area contributed by atoms with Gasteiger partial charge in [0.05, 0.1) is 0 Å². The molecule has 0 rings (SSSR count). The van der Waals surface area contributed by atoms with E-state index in [4.69, 9.17) is 0 Å². The second kappa shape index (κ2) is 3.99. The van der Waals surface area contributed by atoms with Crippen LogP contribution in [0.25, 0.3) is 0 Å². The van der Waals surface area contributed by atoms with Crippen LogP contribution in [0.2, 0.25) is 0 Å². The third-order valence-electron chi connectivity index (χ3n) is 0.526. The van der Waals surface area contributed by atoms with Gasteiger partial charge in [-0.1, -0.05) is 19.6 Å². The maximum Gasteiger partial charge on any atom is 0.275 e. The van der Waals surface area contributed by atoms with Gasteiger partial charge < -0.3 is 5.32 Å². The molecule has 0 heterocycles. The lowest BCUT2D eigenvalue weighted by Crippen LogP contribution is -2.16. The van der Waals surface area contributed by atoms with Crippen molar-refractivity contribution >= 4 is 17.9 Å². The van der Waals surface area contributed by atoms with Gasteiger partial charge in [0.1, 0.15) is 0 Å². The Bertz CT molecular complexity index is 64.7. The molecule has 0 saturated heterocycles. The van der Waals surface area contributed by atoms with E-state index < -0.39 is 0 Å². The lowest BCUT2D eigenvalue weighted by Gasteiger charge is -1.92. The summed E-state index contributed by atoms with van der Waals surface area (Å²) >= 11 is 3.48. The fourth-order valence-electron chi connectivity index (χ4n) is 0.232. The van der Waals surface area contributed by atoms with Gasteiger partial charge >= 0.3 is 0 Å². The highest BCUT2D eigenvalue weighted by Crippen LogP contribution is 1.75. The standard InChI is InChI=1S/C4H9NOS/c1-2-3-5-4(6)7/h2-3H2,1H3,(H2,5,6,7). The highest BCUT2D eigenvalue weighted by atomic mass is 32.1. The fraction of sp³-hybridized carbons (Fsp3) is 0.750. The molecule has 0 aromatic heterocycles. The molecule has 0 fully saturated rings. The molecule has 0 spiro atoms. The van der Waals surface area contributed by atoms with Crippen molar-refractivity contribution < 1.29 is 4.79 Å². The van der Waals surface area contributed by atoms with Gasteiger partial charge in [0.2, 0.25) is 0 Å². The maximum absolute atomic E-state index is 9.96. The first-order valence-corrected chi connectivity index (χ1v) is 2.69. The molecule has 2 nitrogen and oxygen atoms in total. The van der Waals surface area contributed by atoms with Gasteiger partial charge in [-0.05, 0) is 6.42 Å². The van der Waals surface area contributed by atoms with E-state index in [1.54, 1.807) is 0 Å². The van der Waals surface area contributed by atoms with Crippen LogP contribution in [0.15, 0.2) is 0 Å². The molecular formula is C4H9NOS. The van der Waals surface area contributed by atoms with E-state index in [0.29, 0.717) is 0 Å². The summed E-state index contributed by atoms with van der Waals surface area (Å²) in [7, 11) is 0. The van der Waals surface area contributed by atoms with Crippen LogP contribution in [0, 0.1) is 0 Å². The Morgan fingerprint density at radius 1 is 1.86 bits per heavy atom. The fourth-order valence-corrected chi connectivity index (χ4v) is 0.344. The molecule has 0 radical (unpaired) electrons. The summed E-state index contributed by atoms with van der Waals surface area (Å²) in [5.41, 5.74) is 0. The van der Waals surface area contributed by atoms with Crippen molar-refractivity contribution in [2.24, 2.45) is 0 Å². The molecule has 0 aliphatic carbocycles. The largest absolute Gasteiger partial charge is 0.347 e. The summed E-state index contributed by atoms with van der Waals surface area (Å²) in [6.07, 6.45) is 0.965. The van der Waals surface area contributed by atoms with Crippen LogP contribution < -0.4 is 5.32 Å². The average Bonchev–Trinajstić information content (AvgIpc) is 1.61. The third-order valence-corrected chi connectivity index (χ3v) is 0.684. The summed E-state index contributed by atoms with van der Waals surface area (Å²) in [6.45, 7) is 2.71. The SMILES string of the molecule is CCCNC(=O)S. The zero-order chi connectivity index (χ0) is 5.70. The number of amides is 1. The third kappa shape index (κ3) is 5.82. The number of hydrogen-bond acceptors (Lipinski definition) is 1. The van der Waals surface area contributed by atoms with Crippen molar-refractivity contribution in [3.8, 4) is 0 Å². The van der Waals surface area contributed by atoms with E-state index >= 15 is 0 Å². The normalized spacial score (nSPS) is 8.29. The summed E-state index contributed by atoms with van der Waals surface area (Å²) in [5.74, 6) is 0. The molecule has 0 aliphatic rings. The van der Waals surface area contributed by atoms with Gasteiger partial charge in [0, 0.05) is 6.54 Å². The smallest absolute Gasteiger partial charge is 0.275 e. The Morgan fingerprint density at radius 3 is 2.57 bits per heavy atom. The van der Waals surface area contributed by atoms with Crippen LogP contribution >= 0.6 is 12.6 Å². The molecule has 0 aromatic rings. The highest BCUT2D eigenvalue weighted by molar-refractivity contribution is 7.96. The van der Waals surface area contributed by atoms with Crippen LogP contribution in [-0.2, 0) is 0 Å². The van der Waals surface area contributed by atoms with E-state index in [0.717, 1.165) is 13.0 Å². The summed E-state index contributed by atoms with van der Waals surface area (Å²) in [5, 5.41) is 2.27. The Balaban J connectivity index is 2.82. The second-order valence-corrected chi connectivity index (χ2v) is 1.64. The predicted octanol–water partition coefficient (Wildman–Crippen LogP) is 1.04. The number of carbonyl (C=O) groups excluding carboxylic acids is 1. The van der Waals surface area contributed by atoms with Crippen LogP contribution in [0.4, 0.5) is 4.79 Å². The molecule has 0 saturated carbocycles. The Morgan fingerprint density at radius 2 is 2.43 bits per heavy atom. The first kappa shape index (κ1) is 6.82. The minimum absolute atomic E-state index is 0.248. The number of rotatable bonds is 2. The topological polar surface area (TPSA) is 29.1 Å². The molecule has 0 unspecified atom stereocenters. The van der Waals surface area contributed by atoms with Crippen molar-refractivity contribution in [1.82, 2.24) is 5.32 Å². The number of nitrogens with one attached hydrogen (secondary N) is 1. The molecule has 42 valence electrons. The molecule has 0 aromatic carbocycles. The maximum atomic E-state index is 9.96. The van der Waals surface area contributed by atoms with Gasteiger partial charge in [-0.25, -0.2) is 0 Å². The van der Waals surface area contributed by atoms with E-state index in [9.17, 15) is 4.79 Å². The molecule has 0 bridgehead atoms. The molecule has 7 heavy (non-hydrogen) atoms. The minimum atomic E-state index is -0.248. The lowest BCUT2D eigenvalue weighted by atomic mass is 10.5.